The summed E-state index contributed by atoms with van der Waals surface area (Å²) in [5.41, 5.74) is -0.943. The average molecular weight is 393 g/mol. The van der Waals surface area contributed by atoms with E-state index in [1.807, 2.05) is 0 Å². The topological polar surface area (TPSA) is 39.4 Å². The largest absolute Gasteiger partial charge is 0.573 e. The van der Waals surface area contributed by atoms with Crippen molar-refractivity contribution in [3.63, 3.8) is 0 Å². The van der Waals surface area contributed by atoms with Crippen molar-refractivity contribution in [2.75, 3.05) is 0 Å². The van der Waals surface area contributed by atoms with Crippen LogP contribution in [0.1, 0.15) is 12.5 Å². The van der Waals surface area contributed by atoms with E-state index in [4.69, 9.17) is 0 Å². The van der Waals surface area contributed by atoms with Gasteiger partial charge in [-0.3, -0.25) is 0 Å². The van der Waals surface area contributed by atoms with Crippen LogP contribution in [-0.4, -0.2) is 26.9 Å². The molecule has 0 unspecified atom stereocenters. The van der Waals surface area contributed by atoms with Crippen LogP contribution in [0.4, 0.5) is 30.7 Å². The Morgan fingerprint density at radius 2 is 1.59 bits per heavy atom. The first-order chi connectivity index (χ1) is 12.4. The number of ether oxygens (including phenoxy) is 1. The summed E-state index contributed by atoms with van der Waals surface area (Å²) in [5.74, 6) is -9.27. The first kappa shape index (κ1) is 18.9. The van der Waals surface area contributed by atoms with E-state index < -0.39 is 29.5 Å². The summed E-state index contributed by atoms with van der Waals surface area (Å²) in [6.45, 7) is 0.0952. The number of alkyl halides is 7. The lowest BCUT2D eigenvalue weighted by Gasteiger charge is -2.22. The van der Waals surface area contributed by atoms with Gasteiger partial charge in [0.15, 0.2) is 0 Å². The number of hydrogen-bond donors (Lipinski definition) is 0. The fourth-order valence-electron chi connectivity index (χ4n) is 2.35. The van der Waals surface area contributed by atoms with Crippen LogP contribution in [0.2, 0.25) is 0 Å². The Kier molecular flexibility index (Phi) is 4.28. The second-order valence-electron chi connectivity index (χ2n) is 5.70. The van der Waals surface area contributed by atoms with Crippen LogP contribution in [0.15, 0.2) is 42.9 Å². The summed E-state index contributed by atoms with van der Waals surface area (Å²) < 4.78 is 95.8. The molecule has 0 spiro atoms. The van der Waals surface area contributed by atoms with Gasteiger partial charge in [-0.15, -0.1) is 13.2 Å². The molecule has 3 aromatic rings. The fourth-order valence-corrected chi connectivity index (χ4v) is 2.35. The van der Waals surface area contributed by atoms with Crippen LogP contribution in [0, 0.1) is 0 Å². The zero-order chi connectivity index (χ0) is 20.0. The Balaban J connectivity index is 2.01. The molecule has 0 radical (unpaired) electrons. The maximum atomic E-state index is 14.0. The molecule has 2 heterocycles. The molecular formula is C16H10F7N3O. The third kappa shape index (κ3) is 3.67. The summed E-state index contributed by atoms with van der Waals surface area (Å²) in [7, 11) is 0. The molecular weight excluding hydrogens is 383 g/mol. The number of nitrogens with zero attached hydrogens (tertiary/aromatic N) is 3. The lowest BCUT2D eigenvalue weighted by atomic mass is 10.0. The molecule has 0 amide bonds. The zero-order valence-corrected chi connectivity index (χ0v) is 13.4. The van der Waals surface area contributed by atoms with Crippen LogP contribution in [0.25, 0.3) is 16.8 Å². The van der Waals surface area contributed by atoms with Crippen molar-refractivity contribution < 1.29 is 35.5 Å². The number of benzene rings is 1. The SMILES string of the molecule is CC(F)(F)C(F)(F)c1cnn2cnc(-c3ccc(OC(F)(F)F)cc3)cc12. The molecule has 0 atom stereocenters. The van der Waals surface area contributed by atoms with Gasteiger partial charge in [0, 0.05) is 12.5 Å². The number of hydrogen-bond acceptors (Lipinski definition) is 3. The van der Waals surface area contributed by atoms with E-state index in [0.29, 0.717) is 6.20 Å². The van der Waals surface area contributed by atoms with Crippen molar-refractivity contribution in [3.8, 4) is 17.0 Å². The van der Waals surface area contributed by atoms with E-state index in [9.17, 15) is 30.7 Å². The highest BCUT2D eigenvalue weighted by atomic mass is 19.4. The minimum Gasteiger partial charge on any atom is -0.406 e. The monoisotopic (exact) mass is 393 g/mol. The van der Waals surface area contributed by atoms with Gasteiger partial charge in [-0.25, -0.2) is 9.50 Å². The highest BCUT2D eigenvalue weighted by molar-refractivity contribution is 5.68. The lowest BCUT2D eigenvalue weighted by molar-refractivity contribution is -0.274. The number of halogens is 7. The molecule has 0 saturated heterocycles. The van der Waals surface area contributed by atoms with Crippen LogP contribution < -0.4 is 4.74 Å². The Labute approximate surface area is 147 Å². The summed E-state index contributed by atoms with van der Waals surface area (Å²) in [6, 6.07) is 5.58. The maximum absolute atomic E-state index is 14.0. The first-order valence-corrected chi connectivity index (χ1v) is 7.34. The molecule has 0 saturated carbocycles. The van der Waals surface area contributed by atoms with Gasteiger partial charge in [0.1, 0.15) is 12.1 Å². The van der Waals surface area contributed by atoms with Crippen molar-refractivity contribution >= 4 is 5.52 Å². The van der Waals surface area contributed by atoms with Crippen LogP contribution in [0.3, 0.4) is 0 Å². The fraction of sp³-hybridized carbons (Fsp3) is 0.250. The summed E-state index contributed by atoms with van der Waals surface area (Å²) in [4.78, 5) is 3.94. The molecule has 2 aromatic heterocycles. The van der Waals surface area contributed by atoms with E-state index in [0.717, 1.165) is 29.0 Å². The molecule has 144 valence electrons. The van der Waals surface area contributed by atoms with Gasteiger partial charge in [0.2, 0.25) is 0 Å². The van der Waals surface area contributed by atoms with Gasteiger partial charge in [-0.05, 0) is 30.3 Å². The zero-order valence-electron chi connectivity index (χ0n) is 13.4. The summed E-state index contributed by atoms with van der Waals surface area (Å²) in [6.07, 6.45) is -3.20. The van der Waals surface area contributed by atoms with Crippen LogP contribution in [0.5, 0.6) is 5.75 Å². The Morgan fingerprint density at radius 1 is 0.963 bits per heavy atom. The van der Waals surface area contributed by atoms with E-state index >= 15 is 0 Å². The highest BCUT2D eigenvalue weighted by Gasteiger charge is 2.55. The quantitative estimate of drug-likeness (QED) is 0.583. The predicted octanol–water partition coefficient (Wildman–Crippen LogP) is 5.04. The minimum atomic E-state index is -4.86. The number of rotatable bonds is 4. The smallest absolute Gasteiger partial charge is 0.406 e. The van der Waals surface area contributed by atoms with Gasteiger partial charge in [-0.1, -0.05) is 0 Å². The van der Waals surface area contributed by atoms with Gasteiger partial charge in [0.25, 0.3) is 0 Å². The molecule has 1 aromatic carbocycles. The van der Waals surface area contributed by atoms with Crippen molar-refractivity contribution in [3.05, 3.63) is 48.4 Å². The average Bonchev–Trinajstić information content (AvgIpc) is 2.96. The van der Waals surface area contributed by atoms with Gasteiger partial charge in [0.05, 0.1) is 23.0 Å². The van der Waals surface area contributed by atoms with Gasteiger partial charge >= 0.3 is 18.2 Å². The molecule has 0 aliphatic heterocycles. The van der Waals surface area contributed by atoms with Crippen molar-refractivity contribution in [2.45, 2.75) is 25.1 Å². The normalized spacial score (nSPS) is 13.2. The first-order valence-electron chi connectivity index (χ1n) is 7.34. The lowest BCUT2D eigenvalue weighted by Crippen LogP contribution is -2.34. The van der Waals surface area contributed by atoms with E-state index in [-0.39, 0.29) is 23.7 Å². The third-order valence-corrected chi connectivity index (χ3v) is 3.69. The maximum Gasteiger partial charge on any atom is 0.573 e. The Morgan fingerprint density at radius 3 is 2.15 bits per heavy atom. The van der Waals surface area contributed by atoms with E-state index in [1.54, 1.807) is 0 Å². The molecule has 4 nitrogen and oxygen atoms in total. The molecule has 0 N–H and O–H groups in total. The molecule has 11 heteroatoms. The van der Waals surface area contributed by atoms with Crippen molar-refractivity contribution in [2.24, 2.45) is 0 Å². The van der Waals surface area contributed by atoms with Crippen LogP contribution >= 0.6 is 0 Å². The predicted molar refractivity (Wildman–Crippen MR) is 79.6 cm³/mol. The van der Waals surface area contributed by atoms with E-state index in [1.165, 1.54) is 12.1 Å². The van der Waals surface area contributed by atoms with Gasteiger partial charge in [-0.2, -0.15) is 22.7 Å². The molecule has 0 aliphatic rings. The second kappa shape index (κ2) is 6.10. The van der Waals surface area contributed by atoms with Gasteiger partial charge < -0.3 is 4.74 Å². The minimum absolute atomic E-state index is 0.0815. The third-order valence-electron chi connectivity index (χ3n) is 3.69. The number of aromatic nitrogens is 3. The molecule has 0 bridgehead atoms. The van der Waals surface area contributed by atoms with E-state index in [2.05, 4.69) is 14.8 Å². The van der Waals surface area contributed by atoms with Crippen molar-refractivity contribution in [1.29, 1.82) is 0 Å². The molecule has 3 rings (SSSR count). The number of fused-ring (bicyclic) bond motifs is 1. The molecule has 0 fully saturated rings. The Bertz CT molecular complexity index is 959. The Hall–Kier alpha value is -2.85. The summed E-state index contributed by atoms with van der Waals surface area (Å²) in [5, 5.41) is 3.58. The molecule has 27 heavy (non-hydrogen) atoms. The van der Waals surface area contributed by atoms with Crippen molar-refractivity contribution in [1.82, 2.24) is 14.6 Å². The standard InChI is InChI=1S/C16H10F7N3O/c1-14(17,18)15(19,20)11-7-25-26-8-24-12(6-13(11)26)9-2-4-10(5-3-9)27-16(21,22)23/h2-8H,1H3. The highest BCUT2D eigenvalue weighted by Crippen LogP contribution is 2.44. The second-order valence-corrected chi connectivity index (χ2v) is 5.70. The molecule has 0 aliphatic carbocycles. The summed E-state index contributed by atoms with van der Waals surface area (Å²) >= 11 is 0. The van der Waals surface area contributed by atoms with Crippen LogP contribution in [-0.2, 0) is 5.92 Å².